The van der Waals surface area contributed by atoms with E-state index in [0.717, 1.165) is 38.0 Å². The molecule has 21 heavy (non-hydrogen) atoms. The molecule has 6 heteroatoms. The Morgan fingerprint density at radius 1 is 1.48 bits per heavy atom. The molecular weight excluding hydrogens is 268 g/mol. The van der Waals surface area contributed by atoms with E-state index in [1.165, 1.54) is 6.42 Å². The minimum atomic E-state index is -0.0978. The van der Waals surface area contributed by atoms with Gasteiger partial charge in [-0.2, -0.15) is 0 Å². The van der Waals surface area contributed by atoms with Gasteiger partial charge >= 0.3 is 0 Å². The molecule has 1 aromatic rings. The molecule has 1 aliphatic rings. The van der Waals surface area contributed by atoms with Gasteiger partial charge < -0.3 is 15.5 Å². The average molecular weight is 292 g/mol. The first-order valence-corrected chi connectivity index (χ1v) is 7.60. The Morgan fingerprint density at radius 3 is 3.00 bits per heavy atom. The molecule has 0 saturated carbocycles. The fraction of sp³-hybridized carbons (Fsp3) is 0.600. The van der Waals surface area contributed by atoms with Gasteiger partial charge in [0, 0.05) is 24.4 Å². The highest BCUT2D eigenvalue weighted by Gasteiger charge is 2.14. The van der Waals surface area contributed by atoms with Gasteiger partial charge in [-0.1, -0.05) is 6.92 Å². The van der Waals surface area contributed by atoms with Crippen LogP contribution >= 0.6 is 0 Å². The van der Waals surface area contributed by atoms with Crippen LogP contribution in [-0.4, -0.2) is 30.1 Å². The topological polar surface area (TPSA) is 89.3 Å². The number of rotatable bonds is 6. The molecule has 0 aromatic carbocycles. The van der Waals surface area contributed by atoms with Gasteiger partial charge in [0.15, 0.2) is 0 Å². The van der Waals surface area contributed by atoms with Gasteiger partial charge in [-0.3, -0.25) is 4.79 Å². The first-order chi connectivity index (χ1) is 10.2. The lowest BCUT2D eigenvalue weighted by Gasteiger charge is -2.22. The molecule has 1 aliphatic heterocycles. The van der Waals surface area contributed by atoms with Crippen LogP contribution in [-0.2, 0) is 11.2 Å². The summed E-state index contributed by atoms with van der Waals surface area (Å²) in [4.78, 5) is 16.4. The van der Waals surface area contributed by atoms with Gasteiger partial charge in [0.05, 0.1) is 6.10 Å². The van der Waals surface area contributed by atoms with Crippen molar-refractivity contribution in [1.29, 1.82) is 0 Å². The SMILES string of the molecule is CCc1cc(C(=O)NCCC2CCCCO2)cc(NN)n1. The Morgan fingerprint density at radius 2 is 2.33 bits per heavy atom. The van der Waals surface area contributed by atoms with Crippen molar-refractivity contribution in [2.24, 2.45) is 5.84 Å². The number of aryl methyl sites for hydroxylation is 1. The fourth-order valence-corrected chi connectivity index (χ4v) is 2.46. The van der Waals surface area contributed by atoms with Crippen LogP contribution in [0.3, 0.4) is 0 Å². The summed E-state index contributed by atoms with van der Waals surface area (Å²) in [5.41, 5.74) is 3.92. The number of nitrogen functional groups attached to an aromatic ring is 1. The van der Waals surface area contributed by atoms with Gasteiger partial charge in [0.1, 0.15) is 5.82 Å². The van der Waals surface area contributed by atoms with Crippen molar-refractivity contribution in [2.45, 2.75) is 45.1 Å². The van der Waals surface area contributed by atoms with Gasteiger partial charge in [-0.15, -0.1) is 0 Å². The summed E-state index contributed by atoms with van der Waals surface area (Å²) < 4.78 is 5.65. The summed E-state index contributed by atoms with van der Waals surface area (Å²) in [5.74, 6) is 5.79. The Balaban J connectivity index is 1.87. The van der Waals surface area contributed by atoms with Crippen molar-refractivity contribution in [1.82, 2.24) is 10.3 Å². The number of carbonyl (C=O) groups excluding carboxylic acids is 1. The predicted octanol–water partition coefficient (Wildman–Crippen LogP) is 1.62. The zero-order valence-electron chi connectivity index (χ0n) is 12.5. The highest BCUT2D eigenvalue weighted by atomic mass is 16.5. The smallest absolute Gasteiger partial charge is 0.251 e. The molecule has 1 saturated heterocycles. The van der Waals surface area contributed by atoms with E-state index in [4.69, 9.17) is 10.6 Å². The number of nitrogens with zero attached hydrogens (tertiary/aromatic N) is 1. The Kier molecular flexibility index (Phi) is 5.95. The molecule has 6 nitrogen and oxygen atoms in total. The molecule has 4 N–H and O–H groups in total. The second kappa shape index (κ2) is 7.95. The summed E-state index contributed by atoms with van der Waals surface area (Å²) in [6.07, 6.45) is 5.35. The third kappa shape index (κ3) is 4.68. The number of hydrogen-bond donors (Lipinski definition) is 3. The van der Waals surface area contributed by atoms with Gasteiger partial charge in [-0.25, -0.2) is 10.8 Å². The Labute approximate surface area is 125 Å². The fourth-order valence-electron chi connectivity index (χ4n) is 2.46. The van der Waals surface area contributed by atoms with Crippen molar-refractivity contribution >= 4 is 11.7 Å². The third-order valence-electron chi connectivity index (χ3n) is 3.68. The summed E-state index contributed by atoms with van der Waals surface area (Å²) >= 11 is 0. The van der Waals surface area contributed by atoms with Gasteiger partial charge in [0.25, 0.3) is 5.91 Å². The molecule has 0 aliphatic carbocycles. The van der Waals surface area contributed by atoms with E-state index < -0.39 is 0 Å². The molecule has 0 spiro atoms. The van der Waals surface area contributed by atoms with Crippen molar-refractivity contribution in [2.75, 3.05) is 18.6 Å². The number of hydrogen-bond acceptors (Lipinski definition) is 5. The van der Waals surface area contributed by atoms with Crippen molar-refractivity contribution in [3.63, 3.8) is 0 Å². The molecule has 0 radical (unpaired) electrons. The van der Waals surface area contributed by atoms with Crippen LogP contribution in [0.25, 0.3) is 0 Å². The van der Waals surface area contributed by atoms with Crippen molar-refractivity contribution in [3.05, 3.63) is 23.4 Å². The van der Waals surface area contributed by atoms with Crippen molar-refractivity contribution in [3.8, 4) is 0 Å². The first kappa shape index (κ1) is 15.7. The van der Waals surface area contributed by atoms with Crippen LogP contribution < -0.4 is 16.6 Å². The normalized spacial score (nSPS) is 18.3. The standard InChI is InChI=1S/C15H24N4O2/c1-2-12-9-11(10-14(18-12)19-16)15(20)17-7-6-13-5-3-4-8-21-13/h9-10,13H,2-8,16H2,1H3,(H,17,20)(H,18,19). The molecule has 1 atom stereocenters. The van der Waals surface area contributed by atoms with Crippen molar-refractivity contribution < 1.29 is 9.53 Å². The number of nitrogens with two attached hydrogens (primary N) is 1. The molecular formula is C15H24N4O2. The second-order valence-electron chi connectivity index (χ2n) is 5.26. The maximum absolute atomic E-state index is 12.2. The van der Waals surface area contributed by atoms with E-state index in [1.54, 1.807) is 12.1 Å². The molecule has 116 valence electrons. The Bertz CT molecular complexity index is 450. The lowest BCUT2D eigenvalue weighted by atomic mass is 10.1. The van der Waals surface area contributed by atoms with Gasteiger partial charge in [-0.05, 0) is 44.2 Å². The largest absolute Gasteiger partial charge is 0.378 e. The number of carbonyl (C=O) groups is 1. The van der Waals surface area contributed by atoms with Crippen LogP contribution in [0.5, 0.6) is 0 Å². The van der Waals surface area contributed by atoms with Crippen LogP contribution in [0.15, 0.2) is 12.1 Å². The Hall–Kier alpha value is -1.66. The second-order valence-corrected chi connectivity index (χ2v) is 5.26. The van der Waals surface area contributed by atoms with E-state index in [1.807, 2.05) is 6.92 Å². The minimum Gasteiger partial charge on any atom is -0.378 e. The number of anilines is 1. The maximum Gasteiger partial charge on any atom is 0.251 e. The molecule has 0 bridgehead atoms. The lowest BCUT2D eigenvalue weighted by molar-refractivity contribution is 0.0117. The van der Waals surface area contributed by atoms with E-state index >= 15 is 0 Å². The third-order valence-corrected chi connectivity index (χ3v) is 3.68. The molecule has 1 unspecified atom stereocenters. The average Bonchev–Trinajstić information content (AvgIpc) is 2.55. The molecule has 1 amide bonds. The molecule has 2 heterocycles. The van der Waals surface area contributed by atoms with Crippen LogP contribution in [0.2, 0.25) is 0 Å². The number of pyridine rings is 1. The summed E-state index contributed by atoms with van der Waals surface area (Å²) in [6.45, 7) is 3.46. The quantitative estimate of drug-likeness (QED) is 0.547. The van der Waals surface area contributed by atoms with Crippen LogP contribution in [0.1, 0.15) is 48.7 Å². The highest BCUT2D eigenvalue weighted by Crippen LogP contribution is 2.15. The summed E-state index contributed by atoms with van der Waals surface area (Å²) in [6, 6.07) is 3.46. The number of hydrazine groups is 1. The maximum atomic E-state index is 12.2. The van der Waals surface area contributed by atoms with E-state index in [9.17, 15) is 4.79 Å². The number of nitrogens with one attached hydrogen (secondary N) is 2. The summed E-state index contributed by atoms with van der Waals surface area (Å²) in [7, 11) is 0. The highest BCUT2D eigenvalue weighted by molar-refractivity contribution is 5.94. The number of ether oxygens (including phenoxy) is 1. The number of amides is 1. The van der Waals surface area contributed by atoms with Gasteiger partial charge in [0.2, 0.25) is 0 Å². The molecule has 1 aromatic heterocycles. The monoisotopic (exact) mass is 292 g/mol. The lowest BCUT2D eigenvalue weighted by Crippen LogP contribution is -2.29. The zero-order valence-corrected chi connectivity index (χ0v) is 12.5. The van der Waals surface area contributed by atoms with E-state index in [0.29, 0.717) is 17.9 Å². The summed E-state index contributed by atoms with van der Waals surface area (Å²) in [5, 5.41) is 2.93. The molecule has 2 rings (SSSR count). The predicted molar refractivity (Wildman–Crippen MR) is 82.0 cm³/mol. The molecule has 1 fully saturated rings. The van der Waals surface area contributed by atoms with Crippen LogP contribution in [0.4, 0.5) is 5.82 Å². The van der Waals surface area contributed by atoms with E-state index in [2.05, 4.69) is 15.7 Å². The number of aromatic nitrogens is 1. The minimum absolute atomic E-state index is 0.0978. The van der Waals surface area contributed by atoms with Crippen LogP contribution in [0, 0.1) is 0 Å². The van der Waals surface area contributed by atoms with E-state index in [-0.39, 0.29) is 12.0 Å². The zero-order chi connectivity index (χ0) is 15.1. The first-order valence-electron chi connectivity index (χ1n) is 7.60.